The number of hydrogen-bond acceptors (Lipinski definition) is 2. The van der Waals surface area contributed by atoms with Crippen LogP contribution >= 0.6 is 15.9 Å². The molecule has 1 aliphatic heterocycles. The van der Waals surface area contributed by atoms with Crippen LogP contribution in [0.3, 0.4) is 0 Å². The van der Waals surface area contributed by atoms with Gasteiger partial charge in [0.2, 0.25) is 0 Å². The van der Waals surface area contributed by atoms with Crippen molar-refractivity contribution < 1.29 is 9.59 Å². The maximum absolute atomic E-state index is 12.3. The molecule has 3 rings (SSSR count). The maximum Gasteiger partial charge on any atom is 0.316 e. The Morgan fingerprint density at radius 2 is 1.55 bits per heavy atom. The van der Waals surface area contributed by atoms with Gasteiger partial charge in [-0.3, -0.25) is 9.59 Å². The highest BCUT2D eigenvalue weighted by molar-refractivity contribution is 9.10. The molecule has 1 fully saturated rings. The Balaban J connectivity index is 1.75. The van der Waals surface area contributed by atoms with E-state index < -0.39 is 11.8 Å². The highest BCUT2D eigenvalue weighted by atomic mass is 79.9. The third-order valence-electron chi connectivity index (χ3n) is 3.70. The second-order valence-corrected chi connectivity index (χ2v) is 5.96. The summed E-state index contributed by atoms with van der Waals surface area (Å²) >= 11 is 3.47. The van der Waals surface area contributed by atoms with Crippen LogP contribution in [0.15, 0.2) is 59.1 Å². The number of anilines is 1. The van der Waals surface area contributed by atoms with Crippen molar-refractivity contribution in [3.8, 4) is 0 Å². The molecule has 0 spiro atoms. The first-order valence-electron chi connectivity index (χ1n) is 7.06. The van der Waals surface area contributed by atoms with Gasteiger partial charge < -0.3 is 9.80 Å². The molecule has 2 amide bonds. The first-order chi connectivity index (χ1) is 10.7. The molecule has 0 atom stereocenters. The largest absolute Gasteiger partial charge is 0.328 e. The van der Waals surface area contributed by atoms with Crippen LogP contribution in [0, 0.1) is 0 Å². The highest BCUT2D eigenvalue weighted by Gasteiger charge is 2.33. The quantitative estimate of drug-likeness (QED) is 0.791. The monoisotopic (exact) mass is 358 g/mol. The van der Waals surface area contributed by atoms with Gasteiger partial charge in [-0.05, 0) is 23.8 Å². The molecule has 0 aromatic heterocycles. The summed E-state index contributed by atoms with van der Waals surface area (Å²) in [5, 5.41) is 0. The summed E-state index contributed by atoms with van der Waals surface area (Å²) in [6, 6.07) is 17.0. The lowest BCUT2D eigenvalue weighted by Crippen LogP contribution is -2.54. The van der Waals surface area contributed by atoms with Crippen LogP contribution in [0.2, 0.25) is 0 Å². The minimum Gasteiger partial charge on any atom is -0.328 e. The first-order valence-corrected chi connectivity index (χ1v) is 7.85. The Bertz CT molecular complexity index is 703. The number of hydrogen-bond donors (Lipinski definition) is 0. The first kappa shape index (κ1) is 14.8. The lowest BCUT2D eigenvalue weighted by Gasteiger charge is -2.34. The predicted octanol–water partition coefficient (Wildman–Crippen LogP) is 2.82. The van der Waals surface area contributed by atoms with Crippen molar-refractivity contribution >= 4 is 33.4 Å². The summed E-state index contributed by atoms with van der Waals surface area (Å²) in [4.78, 5) is 27.8. The second kappa shape index (κ2) is 6.32. The Kier molecular flexibility index (Phi) is 4.24. The second-order valence-electron chi connectivity index (χ2n) is 5.11. The van der Waals surface area contributed by atoms with Crippen molar-refractivity contribution in [3.63, 3.8) is 0 Å². The number of amides is 2. The molecule has 0 unspecified atom stereocenters. The van der Waals surface area contributed by atoms with Gasteiger partial charge >= 0.3 is 11.8 Å². The van der Waals surface area contributed by atoms with Crippen LogP contribution in [0.5, 0.6) is 0 Å². The van der Waals surface area contributed by atoms with Gasteiger partial charge in [0.25, 0.3) is 0 Å². The summed E-state index contributed by atoms with van der Waals surface area (Å²) in [5.41, 5.74) is 1.76. The molecule has 2 aromatic carbocycles. The van der Waals surface area contributed by atoms with Crippen molar-refractivity contribution in [2.75, 3.05) is 18.0 Å². The fourth-order valence-electron chi connectivity index (χ4n) is 2.51. The predicted molar refractivity (Wildman–Crippen MR) is 88.4 cm³/mol. The molecule has 1 saturated heterocycles. The lowest BCUT2D eigenvalue weighted by atomic mass is 10.1. The molecule has 2 aromatic rings. The number of nitrogens with zero attached hydrogens (tertiary/aromatic N) is 2. The van der Waals surface area contributed by atoms with Gasteiger partial charge in [0.15, 0.2) is 0 Å². The summed E-state index contributed by atoms with van der Waals surface area (Å²) in [6.07, 6.45) is 0. The van der Waals surface area contributed by atoms with Crippen molar-refractivity contribution in [1.29, 1.82) is 0 Å². The standard InChI is InChI=1S/C17H15BrN2O2/c18-15-9-5-4-6-13(15)12-19-10-11-20(17(22)16(19)21)14-7-2-1-3-8-14/h1-9H,10-12H2. The van der Waals surface area contributed by atoms with Crippen LogP contribution in [0.4, 0.5) is 5.69 Å². The minimum atomic E-state index is -0.468. The molecule has 22 heavy (non-hydrogen) atoms. The van der Waals surface area contributed by atoms with E-state index in [4.69, 9.17) is 0 Å². The average molecular weight is 359 g/mol. The number of halogens is 1. The number of benzene rings is 2. The lowest BCUT2D eigenvalue weighted by molar-refractivity contribution is -0.146. The van der Waals surface area contributed by atoms with Crippen molar-refractivity contribution in [3.05, 3.63) is 64.6 Å². The van der Waals surface area contributed by atoms with Gasteiger partial charge in [0.1, 0.15) is 0 Å². The molecule has 0 radical (unpaired) electrons. The van der Waals surface area contributed by atoms with Crippen LogP contribution in [-0.4, -0.2) is 29.8 Å². The third kappa shape index (κ3) is 2.90. The summed E-state index contributed by atoms with van der Waals surface area (Å²) in [5.74, 6) is -0.921. The van der Waals surface area contributed by atoms with Gasteiger partial charge in [0, 0.05) is 29.8 Å². The number of rotatable bonds is 3. The molecule has 112 valence electrons. The fraction of sp³-hybridized carbons (Fsp3) is 0.176. The fourth-order valence-corrected chi connectivity index (χ4v) is 2.92. The van der Waals surface area contributed by atoms with E-state index in [0.717, 1.165) is 15.7 Å². The van der Waals surface area contributed by atoms with Crippen LogP contribution in [0.25, 0.3) is 0 Å². The normalized spacial score (nSPS) is 15.3. The SMILES string of the molecule is O=C1C(=O)N(c2ccccc2)CCN1Cc1ccccc1Br. The molecule has 0 N–H and O–H groups in total. The van der Waals surface area contributed by atoms with Crippen molar-refractivity contribution in [2.24, 2.45) is 0 Å². The molecule has 0 saturated carbocycles. The minimum absolute atomic E-state index is 0.439. The number of carbonyl (C=O) groups excluding carboxylic acids is 2. The molecule has 0 aliphatic carbocycles. The average Bonchev–Trinajstić information content (AvgIpc) is 2.55. The Hall–Kier alpha value is -2.14. The molecule has 0 bridgehead atoms. The van der Waals surface area contributed by atoms with E-state index in [9.17, 15) is 9.59 Å². The van der Waals surface area contributed by atoms with E-state index in [-0.39, 0.29) is 0 Å². The molecular weight excluding hydrogens is 344 g/mol. The Morgan fingerprint density at radius 3 is 2.27 bits per heavy atom. The third-order valence-corrected chi connectivity index (χ3v) is 4.47. The van der Waals surface area contributed by atoms with Crippen LogP contribution < -0.4 is 4.90 Å². The van der Waals surface area contributed by atoms with E-state index in [1.165, 1.54) is 0 Å². The van der Waals surface area contributed by atoms with E-state index in [2.05, 4.69) is 15.9 Å². The van der Waals surface area contributed by atoms with E-state index >= 15 is 0 Å². The molecule has 1 heterocycles. The van der Waals surface area contributed by atoms with Crippen molar-refractivity contribution in [1.82, 2.24) is 4.90 Å². The zero-order chi connectivity index (χ0) is 15.5. The zero-order valence-corrected chi connectivity index (χ0v) is 13.5. The van der Waals surface area contributed by atoms with Gasteiger partial charge in [-0.25, -0.2) is 0 Å². The topological polar surface area (TPSA) is 40.6 Å². The Morgan fingerprint density at radius 1 is 0.864 bits per heavy atom. The van der Waals surface area contributed by atoms with E-state index in [1.54, 1.807) is 9.80 Å². The number of piperazine rings is 1. The van der Waals surface area contributed by atoms with Gasteiger partial charge in [-0.2, -0.15) is 0 Å². The van der Waals surface area contributed by atoms with E-state index in [1.807, 2.05) is 54.6 Å². The smallest absolute Gasteiger partial charge is 0.316 e. The van der Waals surface area contributed by atoms with Crippen molar-refractivity contribution in [2.45, 2.75) is 6.54 Å². The van der Waals surface area contributed by atoms with E-state index in [0.29, 0.717) is 19.6 Å². The zero-order valence-electron chi connectivity index (χ0n) is 11.9. The summed E-state index contributed by atoms with van der Waals surface area (Å²) < 4.78 is 0.945. The summed E-state index contributed by atoms with van der Waals surface area (Å²) in [6.45, 7) is 1.48. The molecule has 4 nitrogen and oxygen atoms in total. The number of para-hydroxylation sites is 1. The summed E-state index contributed by atoms with van der Waals surface area (Å²) in [7, 11) is 0. The van der Waals surface area contributed by atoms with Gasteiger partial charge in [-0.15, -0.1) is 0 Å². The molecule has 5 heteroatoms. The van der Waals surface area contributed by atoms with Gasteiger partial charge in [-0.1, -0.05) is 52.3 Å². The highest BCUT2D eigenvalue weighted by Crippen LogP contribution is 2.21. The molecular formula is C17H15BrN2O2. The Labute approximate surface area is 137 Å². The maximum atomic E-state index is 12.3. The van der Waals surface area contributed by atoms with Crippen LogP contribution in [-0.2, 0) is 16.1 Å². The van der Waals surface area contributed by atoms with Crippen LogP contribution in [0.1, 0.15) is 5.56 Å². The number of carbonyl (C=O) groups is 2. The van der Waals surface area contributed by atoms with Gasteiger partial charge in [0.05, 0.1) is 0 Å². The molecule has 1 aliphatic rings.